The third kappa shape index (κ3) is 1.02. The number of carbonyl (C=O) groups excluding carboxylic acids is 1. The lowest BCUT2D eigenvalue weighted by Gasteiger charge is -2.30. The van der Waals surface area contributed by atoms with Crippen molar-refractivity contribution < 1.29 is 4.79 Å². The van der Waals surface area contributed by atoms with Gasteiger partial charge in [-0.05, 0) is 30.2 Å². The second kappa shape index (κ2) is 2.89. The van der Waals surface area contributed by atoms with Crippen LogP contribution in [0.2, 0.25) is 0 Å². The smallest absolute Gasteiger partial charge is 0.146 e. The van der Waals surface area contributed by atoms with E-state index in [1.807, 2.05) is 12.3 Å². The van der Waals surface area contributed by atoms with Gasteiger partial charge in [-0.2, -0.15) is 0 Å². The number of fused-ring (bicyclic) bond motifs is 2. The van der Waals surface area contributed by atoms with Crippen LogP contribution < -0.4 is 5.32 Å². The zero-order valence-electron chi connectivity index (χ0n) is 7.92. The van der Waals surface area contributed by atoms with Gasteiger partial charge in [0, 0.05) is 25.1 Å². The van der Waals surface area contributed by atoms with E-state index in [-0.39, 0.29) is 5.92 Å². The Balaban J connectivity index is 2.11. The topological polar surface area (TPSA) is 41.5 Å². The van der Waals surface area contributed by atoms with Crippen molar-refractivity contribution in [1.29, 1.82) is 0 Å². The number of Topliss-reactive ketones (excluding diaryl/α,β-unsaturated/α-hetero) is 1. The first-order valence-electron chi connectivity index (χ1n) is 5.06. The summed E-state index contributed by atoms with van der Waals surface area (Å²) in [5.41, 5.74) is 3.46. The number of hydrogen-bond donors (Lipinski definition) is 1. The van der Waals surface area contributed by atoms with Gasteiger partial charge in [-0.15, -0.1) is 0 Å². The first-order valence-corrected chi connectivity index (χ1v) is 5.06. The lowest BCUT2D eigenvalue weighted by atomic mass is 9.77. The van der Waals surface area contributed by atoms with Crippen LogP contribution in [0.25, 0.3) is 0 Å². The minimum atomic E-state index is 0.174. The largest absolute Gasteiger partial charge is 0.313 e. The zero-order valence-corrected chi connectivity index (χ0v) is 7.92. The third-order valence-electron chi connectivity index (χ3n) is 3.20. The van der Waals surface area contributed by atoms with Crippen LogP contribution in [0.3, 0.4) is 0 Å². The Labute approximate surface area is 82.6 Å². The Morgan fingerprint density at radius 2 is 2.43 bits per heavy atom. The molecule has 1 aliphatic carbocycles. The molecule has 2 heterocycles. The number of allylic oxidation sites excluding steroid dienone is 2. The number of rotatable bonds is 0. The van der Waals surface area contributed by atoms with Gasteiger partial charge in [0.2, 0.25) is 0 Å². The van der Waals surface area contributed by atoms with E-state index in [1.165, 1.54) is 11.1 Å². The van der Waals surface area contributed by atoms with Crippen molar-refractivity contribution in [3.8, 4) is 0 Å². The summed E-state index contributed by atoms with van der Waals surface area (Å²) in [4.78, 5) is 16.0. The molecule has 3 heteroatoms. The highest BCUT2D eigenvalue weighted by Gasteiger charge is 2.34. The first-order chi connectivity index (χ1) is 6.86. The maximum absolute atomic E-state index is 11.8. The molecule has 0 aromatic rings. The third-order valence-corrected chi connectivity index (χ3v) is 3.20. The number of nitrogens with zero attached hydrogens (tertiary/aromatic N) is 1. The summed E-state index contributed by atoms with van der Waals surface area (Å²) in [5, 5.41) is 3.32. The van der Waals surface area contributed by atoms with Crippen LogP contribution in [0.4, 0.5) is 0 Å². The molecule has 1 unspecified atom stereocenters. The predicted octanol–water partition coefficient (Wildman–Crippen LogP) is 0.834. The second-order valence-corrected chi connectivity index (χ2v) is 3.99. The number of aliphatic imine (C=N–C) groups is 1. The molecule has 0 aromatic heterocycles. The van der Waals surface area contributed by atoms with E-state index < -0.39 is 0 Å². The minimum absolute atomic E-state index is 0.174. The molecule has 2 aliphatic heterocycles. The molecule has 1 saturated heterocycles. The molecule has 3 aliphatic rings. The molecule has 72 valence electrons. The van der Waals surface area contributed by atoms with Gasteiger partial charge in [0.15, 0.2) is 0 Å². The summed E-state index contributed by atoms with van der Waals surface area (Å²) in [5.74, 6) is 0.528. The highest BCUT2D eigenvalue weighted by Crippen LogP contribution is 2.32. The summed E-state index contributed by atoms with van der Waals surface area (Å²) in [6.45, 7) is 1.82. The van der Waals surface area contributed by atoms with E-state index >= 15 is 0 Å². The van der Waals surface area contributed by atoms with Crippen LogP contribution >= 0.6 is 0 Å². The fraction of sp³-hybridized carbons (Fsp3) is 0.455. The maximum Gasteiger partial charge on any atom is 0.146 e. The van der Waals surface area contributed by atoms with Crippen molar-refractivity contribution in [1.82, 2.24) is 5.32 Å². The van der Waals surface area contributed by atoms with E-state index in [2.05, 4.69) is 10.3 Å². The van der Waals surface area contributed by atoms with Crippen LogP contribution in [0.1, 0.15) is 12.8 Å². The molecule has 0 saturated carbocycles. The Hall–Kier alpha value is -1.22. The van der Waals surface area contributed by atoms with Crippen molar-refractivity contribution in [2.24, 2.45) is 10.9 Å². The number of nitrogens with one attached hydrogen (secondary N) is 1. The monoisotopic (exact) mass is 188 g/mol. The van der Waals surface area contributed by atoms with E-state index in [4.69, 9.17) is 0 Å². The van der Waals surface area contributed by atoms with E-state index in [0.717, 1.165) is 25.2 Å². The van der Waals surface area contributed by atoms with Gasteiger partial charge < -0.3 is 5.32 Å². The van der Waals surface area contributed by atoms with Crippen molar-refractivity contribution >= 4 is 11.5 Å². The normalized spacial score (nSPS) is 30.1. The van der Waals surface area contributed by atoms with Gasteiger partial charge in [0.25, 0.3) is 0 Å². The van der Waals surface area contributed by atoms with Crippen molar-refractivity contribution in [2.45, 2.75) is 12.8 Å². The molecule has 0 spiro atoms. The lowest BCUT2D eigenvalue weighted by molar-refractivity contribution is -0.121. The fourth-order valence-corrected chi connectivity index (χ4v) is 2.49. The second-order valence-electron chi connectivity index (χ2n) is 3.99. The minimum Gasteiger partial charge on any atom is -0.313 e. The van der Waals surface area contributed by atoms with Gasteiger partial charge in [0.1, 0.15) is 5.78 Å². The average Bonchev–Trinajstić information content (AvgIpc) is 2.66. The van der Waals surface area contributed by atoms with Crippen LogP contribution in [-0.2, 0) is 4.79 Å². The molecule has 3 rings (SSSR count). The van der Waals surface area contributed by atoms with Crippen LogP contribution in [-0.4, -0.2) is 24.6 Å². The fourth-order valence-electron chi connectivity index (χ4n) is 2.49. The Kier molecular flexibility index (Phi) is 1.67. The van der Waals surface area contributed by atoms with Crippen molar-refractivity contribution in [2.75, 3.05) is 13.1 Å². The Morgan fingerprint density at radius 3 is 3.36 bits per heavy atom. The maximum atomic E-state index is 11.8. The molecule has 3 nitrogen and oxygen atoms in total. The molecular weight excluding hydrogens is 176 g/mol. The van der Waals surface area contributed by atoms with Gasteiger partial charge >= 0.3 is 0 Å². The summed E-state index contributed by atoms with van der Waals surface area (Å²) >= 11 is 0. The van der Waals surface area contributed by atoms with Gasteiger partial charge in [-0.3, -0.25) is 9.79 Å². The van der Waals surface area contributed by atoms with Crippen LogP contribution in [0.5, 0.6) is 0 Å². The number of ketones is 1. The molecule has 1 atom stereocenters. The summed E-state index contributed by atoms with van der Waals surface area (Å²) in [6.07, 6.45) is 5.34. The van der Waals surface area contributed by atoms with Gasteiger partial charge in [0.05, 0.1) is 5.71 Å². The molecule has 1 N–H and O–H groups in total. The van der Waals surface area contributed by atoms with E-state index in [1.54, 1.807) is 0 Å². The summed E-state index contributed by atoms with van der Waals surface area (Å²) in [7, 11) is 0. The molecule has 0 bridgehead atoms. The lowest BCUT2D eigenvalue weighted by Crippen LogP contribution is -2.39. The molecule has 0 aromatic carbocycles. The van der Waals surface area contributed by atoms with Gasteiger partial charge in [-0.1, -0.05) is 0 Å². The standard InChI is InChI=1S/C11H12N2O/c14-11-5-10-7(2-4-13-10)9-6-12-3-1-8(9)11/h2,4,8,12H,1,3,5-6H2. The Bertz CT molecular complexity index is 390. The van der Waals surface area contributed by atoms with Crippen LogP contribution in [0, 0.1) is 5.92 Å². The quantitative estimate of drug-likeness (QED) is 0.612. The summed E-state index contributed by atoms with van der Waals surface area (Å²) in [6, 6.07) is 0. The highest BCUT2D eigenvalue weighted by atomic mass is 16.1. The van der Waals surface area contributed by atoms with E-state index in [0.29, 0.717) is 12.2 Å². The molecule has 14 heavy (non-hydrogen) atoms. The predicted molar refractivity (Wildman–Crippen MR) is 54.2 cm³/mol. The molecule has 1 fully saturated rings. The molecular formula is C11H12N2O. The van der Waals surface area contributed by atoms with Gasteiger partial charge in [-0.25, -0.2) is 0 Å². The first kappa shape index (κ1) is 8.12. The zero-order chi connectivity index (χ0) is 9.54. The molecule has 0 amide bonds. The Morgan fingerprint density at radius 1 is 1.50 bits per heavy atom. The van der Waals surface area contributed by atoms with Crippen LogP contribution in [0.15, 0.2) is 28.4 Å². The SMILES string of the molecule is O=C1CC2=NC=CC2=C2CNCCC12. The summed E-state index contributed by atoms with van der Waals surface area (Å²) < 4.78 is 0. The van der Waals surface area contributed by atoms with Crippen molar-refractivity contribution in [3.05, 3.63) is 23.4 Å². The number of piperidine rings is 1. The molecule has 0 radical (unpaired) electrons. The van der Waals surface area contributed by atoms with Crippen molar-refractivity contribution in [3.63, 3.8) is 0 Å². The number of hydrogen-bond acceptors (Lipinski definition) is 3. The highest BCUT2D eigenvalue weighted by molar-refractivity contribution is 6.18. The average molecular weight is 188 g/mol. The number of carbonyl (C=O) groups is 1. The van der Waals surface area contributed by atoms with E-state index in [9.17, 15) is 4.79 Å².